The fourth-order valence-corrected chi connectivity index (χ4v) is 1.63. The van der Waals surface area contributed by atoms with Crippen LogP contribution in [0.1, 0.15) is 25.1 Å². The summed E-state index contributed by atoms with van der Waals surface area (Å²) in [7, 11) is 0. The van der Waals surface area contributed by atoms with Crippen LogP contribution < -0.4 is 10.6 Å². The van der Waals surface area contributed by atoms with Crippen molar-refractivity contribution in [1.82, 2.24) is 25.1 Å². The second-order valence-electron chi connectivity index (χ2n) is 4.09. The van der Waals surface area contributed by atoms with E-state index in [1.807, 2.05) is 0 Å². The van der Waals surface area contributed by atoms with Gasteiger partial charge in [0.15, 0.2) is 5.82 Å². The van der Waals surface area contributed by atoms with E-state index in [-0.39, 0.29) is 5.28 Å². The zero-order chi connectivity index (χ0) is 14.4. The number of nitrogens with zero attached hydrogens (tertiary/aromatic N) is 5. The summed E-state index contributed by atoms with van der Waals surface area (Å²) in [5, 5.41) is 9.97. The Kier molecular flexibility index (Phi) is 5.05. The minimum Gasteiger partial charge on any atom is -0.354 e. The minimum absolute atomic E-state index is 0.148. The van der Waals surface area contributed by atoms with Gasteiger partial charge in [0.2, 0.25) is 23.1 Å². The van der Waals surface area contributed by atoms with Gasteiger partial charge in [-0.3, -0.25) is 0 Å². The van der Waals surface area contributed by atoms with Crippen molar-refractivity contribution in [2.45, 2.75) is 26.7 Å². The third-order valence-electron chi connectivity index (χ3n) is 2.33. The molecule has 2 aromatic rings. The molecule has 0 aliphatic rings. The van der Waals surface area contributed by atoms with E-state index in [1.165, 1.54) is 0 Å². The standard InChI is InChI=1S/C11H16ClN7O/c1-3-5-13-10-16-9(12)17-11(18-10)14-6-4-8-15-7(2)19-20-8/h3-6H2,1-2H3,(H2,13,14,16,17,18). The highest BCUT2D eigenvalue weighted by atomic mass is 35.5. The van der Waals surface area contributed by atoms with Crippen molar-refractivity contribution in [2.75, 3.05) is 23.7 Å². The summed E-state index contributed by atoms with van der Waals surface area (Å²) in [5.74, 6) is 2.07. The van der Waals surface area contributed by atoms with Crippen LogP contribution in [-0.2, 0) is 6.42 Å². The summed E-state index contributed by atoms with van der Waals surface area (Å²) in [6.07, 6.45) is 1.56. The van der Waals surface area contributed by atoms with Crippen LogP contribution in [0, 0.1) is 6.92 Å². The number of halogens is 1. The smallest absolute Gasteiger partial charge is 0.228 e. The Morgan fingerprint density at radius 2 is 1.75 bits per heavy atom. The van der Waals surface area contributed by atoms with Crippen LogP contribution in [0.15, 0.2) is 4.52 Å². The number of anilines is 2. The van der Waals surface area contributed by atoms with Crippen LogP contribution >= 0.6 is 11.6 Å². The summed E-state index contributed by atoms with van der Waals surface area (Å²) >= 11 is 5.85. The molecule has 9 heteroatoms. The Hall–Kier alpha value is -1.96. The van der Waals surface area contributed by atoms with E-state index in [0.717, 1.165) is 13.0 Å². The van der Waals surface area contributed by atoms with Crippen molar-refractivity contribution >= 4 is 23.5 Å². The molecule has 0 saturated heterocycles. The summed E-state index contributed by atoms with van der Waals surface area (Å²) in [6, 6.07) is 0. The van der Waals surface area contributed by atoms with Gasteiger partial charge in [-0.05, 0) is 24.9 Å². The summed E-state index contributed by atoms with van der Waals surface area (Å²) in [5.41, 5.74) is 0. The molecule has 0 aliphatic carbocycles. The highest BCUT2D eigenvalue weighted by molar-refractivity contribution is 6.28. The average molecular weight is 298 g/mol. The highest BCUT2D eigenvalue weighted by Gasteiger charge is 2.06. The average Bonchev–Trinajstić information content (AvgIpc) is 2.81. The predicted octanol–water partition coefficient (Wildman–Crippen LogP) is 1.69. The lowest BCUT2D eigenvalue weighted by Gasteiger charge is -2.06. The molecule has 2 aromatic heterocycles. The third-order valence-corrected chi connectivity index (χ3v) is 2.50. The van der Waals surface area contributed by atoms with E-state index < -0.39 is 0 Å². The Balaban J connectivity index is 1.89. The first-order chi connectivity index (χ1) is 9.67. The monoisotopic (exact) mass is 297 g/mol. The van der Waals surface area contributed by atoms with Crippen molar-refractivity contribution in [2.24, 2.45) is 0 Å². The first-order valence-electron chi connectivity index (χ1n) is 6.36. The van der Waals surface area contributed by atoms with Crippen LogP contribution in [0.4, 0.5) is 11.9 Å². The van der Waals surface area contributed by atoms with E-state index in [2.05, 4.69) is 42.6 Å². The summed E-state index contributed by atoms with van der Waals surface area (Å²) in [6.45, 7) is 5.18. The molecule has 108 valence electrons. The summed E-state index contributed by atoms with van der Waals surface area (Å²) in [4.78, 5) is 16.3. The van der Waals surface area contributed by atoms with E-state index in [9.17, 15) is 0 Å². The lowest BCUT2D eigenvalue weighted by molar-refractivity contribution is 0.377. The maximum absolute atomic E-state index is 5.85. The highest BCUT2D eigenvalue weighted by Crippen LogP contribution is 2.09. The van der Waals surface area contributed by atoms with Crippen LogP contribution in [0.25, 0.3) is 0 Å². The van der Waals surface area contributed by atoms with Gasteiger partial charge in [-0.2, -0.15) is 19.9 Å². The van der Waals surface area contributed by atoms with Crippen LogP contribution in [0.3, 0.4) is 0 Å². The molecule has 2 N–H and O–H groups in total. The Bertz CT molecular complexity index is 559. The molecule has 0 aliphatic heterocycles. The van der Waals surface area contributed by atoms with E-state index in [1.54, 1.807) is 6.92 Å². The van der Waals surface area contributed by atoms with Gasteiger partial charge >= 0.3 is 0 Å². The fraction of sp³-hybridized carbons (Fsp3) is 0.545. The predicted molar refractivity (Wildman–Crippen MR) is 74.8 cm³/mol. The molecule has 2 rings (SSSR count). The van der Waals surface area contributed by atoms with Gasteiger partial charge in [-0.15, -0.1) is 0 Å². The lowest BCUT2D eigenvalue weighted by atomic mass is 10.4. The van der Waals surface area contributed by atoms with Gasteiger partial charge in [0.1, 0.15) is 0 Å². The first kappa shape index (κ1) is 14.4. The zero-order valence-electron chi connectivity index (χ0n) is 11.4. The second kappa shape index (κ2) is 6.99. The minimum atomic E-state index is 0.148. The van der Waals surface area contributed by atoms with Crippen molar-refractivity contribution in [3.63, 3.8) is 0 Å². The molecule has 0 amide bonds. The Labute approximate surface area is 121 Å². The molecular weight excluding hydrogens is 282 g/mol. The molecule has 0 atom stereocenters. The second-order valence-corrected chi connectivity index (χ2v) is 4.43. The number of aryl methyl sites for hydroxylation is 1. The molecule has 0 unspecified atom stereocenters. The van der Waals surface area contributed by atoms with Crippen molar-refractivity contribution < 1.29 is 4.52 Å². The van der Waals surface area contributed by atoms with Gasteiger partial charge < -0.3 is 15.2 Å². The van der Waals surface area contributed by atoms with Crippen molar-refractivity contribution in [1.29, 1.82) is 0 Å². The molecule has 0 saturated carbocycles. The normalized spacial score (nSPS) is 10.6. The van der Waals surface area contributed by atoms with Crippen LogP contribution in [0.2, 0.25) is 5.28 Å². The molecule has 20 heavy (non-hydrogen) atoms. The molecule has 8 nitrogen and oxygen atoms in total. The zero-order valence-corrected chi connectivity index (χ0v) is 12.1. The van der Waals surface area contributed by atoms with Crippen LogP contribution in [-0.4, -0.2) is 38.2 Å². The number of aromatic nitrogens is 5. The first-order valence-corrected chi connectivity index (χ1v) is 6.73. The fourth-order valence-electron chi connectivity index (χ4n) is 1.47. The van der Waals surface area contributed by atoms with E-state index >= 15 is 0 Å². The van der Waals surface area contributed by atoms with Gasteiger partial charge in [-0.25, -0.2) is 0 Å². The molecular formula is C11H16ClN7O. The third kappa shape index (κ3) is 4.30. The van der Waals surface area contributed by atoms with Crippen LogP contribution in [0.5, 0.6) is 0 Å². The number of hydrogen-bond donors (Lipinski definition) is 2. The molecule has 0 radical (unpaired) electrons. The molecule has 0 fully saturated rings. The quantitative estimate of drug-likeness (QED) is 0.796. The topological polar surface area (TPSA) is 102 Å². The largest absolute Gasteiger partial charge is 0.354 e. The maximum atomic E-state index is 5.85. The van der Waals surface area contributed by atoms with Gasteiger partial charge in [0.05, 0.1) is 0 Å². The van der Waals surface area contributed by atoms with E-state index in [4.69, 9.17) is 16.1 Å². The molecule has 0 aromatic carbocycles. The van der Waals surface area contributed by atoms with Gasteiger partial charge in [0.25, 0.3) is 0 Å². The Morgan fingerprint density at radius 1 is 1.05 bits per heavy atom. The summed E-state index contributed by atoms with van der Waals surface area (Å²) < 4.78 is 5.01. The Morgan fingerprint density at radius 3 is 2.35 bits per heavy atom. The number of rotatable bonds is 7. The van der Waals surface area contributed by atoms with Gasteiger partial charge in [-0.1, -0.05) is 12.1 Å². The SMILES string of the molecule is CCCNc1nc(Cl)nc(NCCc2nc(C)no2)n1. The number of nitrogens with one attached hydrogen (secondary N) is 2. The van der Waals surface area contributed by atoms with Crippen molar-refractivity contribution in [3.8, 4) is 0 Å². The van der Waals surface area contributed by atoms with Gasteiger partial charge in [0, 0.05) is 19.5 Å². The maximum Gasteiger partial charge on any atom is 0.228 e. The molecule has 0 bridgehead atoms. The molecule has 0 spiro atoms. The van der Waals surface area contributed by atoms with Crippen molar-refractivity contribution in [3.05, 3.63) is 17.0 Å². The van der Waals surface area contributed by atoms with E-state index in [0.29, 0.717) is 36.6 Å². The molecule has 2 heterocycles. The number of hydrogen-bond acceptors (Lipinski definition) is 8. The lowest BCUT2D eigenvalue weighted by Crippen LogP contribution is -2.12.